The van der Waals surface area contributed by atoms with Gasteiger partial charge in [0.2, 0.25) is 0 Å². The molecular formula is C13H17NO. The van der Waals surface area contributed by atoms with Gasteiger partial charge < -0.3 is 4.90 Å². The lowest BCUT2D eigenvalue weighted by atomic mass is 10.1. The number of nitrogens with zero attached hydrogens (tertiary/aromatic N) is 1. The zero-order chi connectivity index (χ0) is 10.8. The summed E-state index contributed by atoms with van der Waals surface area (Å²) in [5.74, 6) is 0.164. The second-order valence-electron chi connectivity index (χ2n) is 4.27. The highest BCUT2D eigenvalue weighted by atomic mass is 16.1. The molecule has 0 bridgehead atoms. The number of hydrogen-bond acceptors (Lipinski definition) is 2. The summed E-state index contributed by atoms with van der Waals surface area (Å²) >= 11 is 0. The molecule has 0 aliphatic carbocycles. The minimum atomic E-state index is 0.164. The number of rotatable bonds is 2. The average molecular weight is 203 g/mol. The highest BCUT2D eigenvalue weighted by Crippen LogP contribution is 2.26. The van der Waals surface area contributed by atoms with E-state index in [-0.39, 0.29) is 5.78 Å². The smallest absolute Gasteiger partial charge is 0.161 e. The fourth-order valence-corrected chi connectivity index (χ4v) is 2.16. The molecule has 0 atom stereocenters. The second-order valence-corrected chi connectivity index (χ2v) is 4.27. The number of hydrogen-bond donors (Lipinski definition) is 0. The van der Waals surface area contributed by atoms with Crippen LogP contribution in [0.2, 0.25) is 0 Å². The lowest BCUT2D eigenvalue weighted by Gasteiger charge is -2.20. The van der Waals surface area contributed by atoms with Crippen molar-refractivity contribution < 1.29 is 4.79 Å². The Kier molecular flexibility index (Phi) is 2.76. The average Bonchev–Trinajstić information content (AvgIpc) is 2.69. The van der Waals surface area contributed by atoms with E-state index in [1.165, 1.54) is 18.4 Å². The molecule has 0 amide bonds. The number of ketones is 1. The Morgan fingerprint density at radius 1 is 1.27 bits per heavy atom. The van der Waals surface area contributed by atoms with Crippen molar-refractivity contribution in [1.82, 2.24) is 0 Å². The van der Waals surface area contributed by atoms with Crippen molar-refractivity contribution in [1.29, 1.82) is 0 Å². The Balaban J connectivity index is 2.41. The van der Waals surface area contributed by atoms with Gasteiger partial charge in [0.1, 0.15) is 0 Å². The number of anilines is 1. The van der Waals surface area contributed by atoms with E-state index in [4.69, 9.17) is 0 Å². The molecule has 0 spiro atoms. The summed E-state index contributed by atoms with van der Waals surface area (Å²) in [7, 11) is 0. The van der Waals surface area contributed by atoms with Crippen molar-refractivity contribution in [2.45, 2.75) is 26.7 Å². The number of benzene rings is 1. The maximum Gasteiger partial charge on any atom is 0.161 e. The molecule has 15 heavy (non-hydrogen) atoms. The van der Waals surface area contributed by atoms with Crippen molar-refractivity contribution in [3.05, 3.63) is 29.3 Å². The zero-order valence-corrected chi connectivity index (χ0v) is 9.42. The predicted octanol–water partition coefficient (Wildman–Crippen LogP) is 2.80. The molecule has 2 heteroatoms. The molecule has 0 N–H and O–H groups in total. The maximum atomic E-state index is 11.5. The molecule has 1 saturated heterocycles. The van der Waals surface area contributed by atoms with E-state index in [0.717, 1.165) is 24.3 Å². The number of carbonyl (C=O) groups excluding carboxylic acids is 1. The maximum absolute atomic E-state index is 11.5. The van der Waals surface area contributed by atoms with Gasteiger partial charge in [0.15, 0.2) is 5.78 Å². The minimum Gasteiger partial charge on any atom is -0.371 e. The van der Waals surface area contributed by atoms with Gasteiger partial charge in [-0.2, -0.15) is 0 Å². The number of aryl methyl sites for hydroxylation is 1. The van der Waals surface area contributed by atoms with Crippen molar-refractivity contribution in [2.24, 2.45) is 0 Å². The highest BCUT2D eigenvalue weighted by molar-refractivity contribution is 5.99. The molecule has 0 unspecified atom stereocenters. The summed E-state index contributed by atoms with van der Waals surface area (Å²) in [4.78, 5) is 13.8. The van der Waals surface area contributed by atoms with Gasteiger partial charge in [-0.25, -0.2) is 0 Å². The first-order chi connectivity index (χ1) is 7.18. The van der Waals surface area contributed by atoms with Crippen molar-refractivity contribution in [3.63, 3.8) is 0 Å². The van der Waals surface area contributed by atoms with Gasteiger partial charge in [-0.15, -0.1) is 0 Å². The van der Waals surface area contributed by atoms with Crippen LogP contribution in [-0.4, -0.2) is 18.9 Å². The Hall–Kier alpha value is -1.31. The minimum absolute atomic E-state index is 0.164. The van der Waals surface area contributed by atoms with Crippen LogP contribution in [0.4, 0.5) is 5.69 Å². The monoisotopic (exact) mass is 203 g/mol. The molecule has 1 aliphatic rings. The first kappa shape index (κ1) is 10.2. The Morgan fingerprint density at radius 3 is 2.53 bits per heavy atom. The molecule has 1 fully saturated rings. The predicted molar refractivity (Wildman–Crippen MR) is 62.6 cm³/mol. The largest absolute Gasteiger partial charge is 0.371 e. The molecule has 0 saturated carbocycles. The Bertz CT molecular complexity index is 378. The summed E-state index contributed by atoms with van der Waals surface area (Å²) in [5.41, 5.74) is 3.21. The van der Waals surface area contributed by atoms with Crippen LogP contribution in [0.15, 0.2) is 18.2 Å². The van der Waals surface area contributed by atoms with E-state index in [0.29, 0.717) is 0 Å². The van der Waals surface area contributed by atoms with Gasteiger partial charge in [0, 0.05) is 24.3 Å². The molecule has 2 nitrogen and oxygen atoms in total. The van der Waals surface area contributed by atoms with Gasteiger partial charge in [-0.1, -0.05) is 6.07 Å². The lowest BCUT2D eigenvalue weighted by Crippen LogP contribution is -2.20. The van der Waals surface area contributed by atoms with E-state index >= 15 is 0 Å². The fourth-order valence-electron chi connectivity index (χ4n) is 2.16. The van der Waals surface area contributed by atoms with E-state index in [1.54, 1.807) is 6.92 Å². The van der Waals surface area contributed by atoms with E-state index in [9.17, 15) is 4.79 Å². The number of carbonyl (C=O) groups is 1. The second kappa shape index (κ2) is 4.05. The fraction of sp³-hybridized carbons (Fsp3) is 0.462. The lowest BCUT2D eigenvalue weighted by molar-refractivity contribution is 0.101. The molecular weight excluding hydrogens is 186 g/mol. The third-order valence-corrected chi connectivity index (χ3v) is 2.98. The van der Waals surface area contributed by atoms with E-state index < -0.39 is 0 Å². The van der Waals surface area contributed by atoms with Crippen LogP contribution in [0.25, 0.3) is 0 Å². The van der Waals surface area contributed by atoms with Crippen LogP contribution in [0, 0.1) is 6.92 Å². The molecule has 1 aliphatic heterocycles. The summed E-state index contributed by atoms with van der Waals surface area (Å²) in [6, 6.07) is 6.09. The zero-order valence-electron chi connectivity index (χ0n) is 9.42. The standard InChI is InChI=1S/C13H17NO/c1-10-5-6-12(11(2)15)13(9-10)14-7-3-4-8-14/h5-6,9H,3-4,7-8H2,1-2H3. The SMILES string of the molecule is CC(=O)c1ccc(C)cc1N1CCCC1. The molecule has 1 heterocycles. The van der Waals surface area contributed by atoms with Gasteiger partial charge in [0.05, 0.1) is 0 Å². The molecule has 1 aromatic carbocycles. The van der Waals surface area contributed by atoms with E-state index in [2.05, 4.69) is 17.9 Å². The van der Waals surface area contributed by atoms with Crippen molar-refractivity contribution in [3.8, 4) is 0 Å². The Labute approximate surface area is 90.9 Å². The van der Waals surface area contributed by atoms with Gasteiger partial charge in [-0.05, 0) is 44.4 Å². The van der Waals surface area contributed by atoms with Crippen LogP contribution in [-0.2, 0) is 0 Å². The molecule has 0 radical (unpaired) electrons. The summed E-state index contributed by atoms with van der Waals surface area (Å²) in [5, 5.41) is 0. The van der Waals surface area contributed by atoms with E-state index in [1.807, 2.05) is 12.1 Å². The third kappa shape index (κ3) is 2.04. The Morgan fingerprint density at radius 2 is 1.93 bits per heavy atom. The van der Waals surface area contributed by atoms with Gasteiger partial charge in [0.25, 0.3) is 0 Å². The summed E-state index contributed by atoms with van der Waals surface area (Å²) in [6.07, 6.45) is 2.48. The number of Topliss-reactive ketones (excluding diaryl/α,β-unsaturated/α-hetero) is 1. The summed E-state index contributed by atoms with van der Waals surface area (Å²) in [6.45, 7) is 5.89. The quantitative estimate of drug-likeness (QED) is 0.689. The molecule has 1 aromatic rings. The topological polar surface area (TPSA) is 20.3 Å². The normalized spacial score (nSPS) is 15.7. The van der Waals surface area contributed by atoms with Gasteiger partial charge >= 0.3 is 0 Å². The van der Waals surface area contributed by atoms with Crippen molar-refractivity contribution >= 4 is 11.5 Å². The van der Waals surface area contributed by atoms with Crippen LogP contribution < -0.4 is 4.90 Å². The van der Waals surface area contributed by atoms with Crippen LogP contribution >= 0.6 is 0 Å². The highest BCUT2D eigenvalue weighted by Gasteiger charge is 2.17. The molecule has 80 valence electrons. The van der Waals surface area contributed by atoms with Crippen LogP contribution in [0.5, 0.6) is 0 Å². The first-order valence-electron chi connectivity index (χ1n) is 5.55. The van der Waals surface area contributed by atoms with Crippen LogP contribution in [0.3, 0.4) is 0 Å². The van der Waals surface area contributed by atoms with Gasteiger partial charge in [-0.3, -0.25) is 4.79 Å². The third-order valence-electron chi connectivity index (χ3n) is 2.98. The molecule has 2 rings (SSSR count). The first-order valence-corrected chi connectivity index (χ1v) is 5.55. The van der Waals surface area contributed by atoms with Crippen LogP contribution in [0.1, 0.15) is 35.7 Å². The van der Waals surface area contributed by atoms with Crippen molar-refractivity contribution in [2.75, 3.05) is 18.0 Å². The summed E-state index contributed by atoms with van der Waals surface area (Å²) < 4.78 is 0. The molecule has 0 aromatic heterocycles.